The van der Waals surface area contributed by atoms with E-state index in [-0.39, 0.29) is 34.0 Å². The van der Waals surface area contributed by atoms with E-state index in [4.69, 9.17) is 4.74 Å². The second kappa shape index (κ2) is 14.8. The normalized spacial score (nSPS) is 11.4. The van der Waals surface area contributed by atoms with E-state index in [1.165, 1.54) is 22.8 Å². The van der Waals surface area contributed by atoms with Gasteiger partial charge in [-0.05, 0) is 80.6 Å². The summed E-state index contributed by atoms with van der Waals surface area (Å²) in [6.07, 6.45) is 0. The van der Waals surface area contributed by atoms with Gasteiger partial charge in [0.1, 0.15) is 22.3 Å². The van der Waals surface area contributed by atoms with Gasteiger partial charge >= 0.3 is 11.7 Å². The minimum atomic E-state index is -0.840. The highest BCUT2D eigenvalue weighted by molar-refractivity contribution is 7.22. The number of urea groups is 1. The highest BCUT2D eigenvalue weighted by Gasteiger charge is 2.25. The molecule has 2 amide bonds. The summed E-state index contributed by atoms with van der Waals surface area (Å²) in [6, 6.07) is 15.0. The van der Waals surface area contributed by atoms with Gasteiger partial charge in [0.2, 0.25) is 0 Å². The zero-order valence-corrected chi connectivity index (χ0v) is 26.9. The van der Waals surface area contributed by atoms with Crippen LogP contribution < -0.4 is 21.9 Å². The number of halogens is 3. The number of fused-ring (bicyclic) bond motifs is 1. The van der Waals surface area contributed by atoms with Crippen molar-refractivity contribution in [2.24, 2.45) is 0 Å². The molecule has 0 unspecified atom stereocenters. The van der Waals surface area contributed by atoms with Crippen molar-refractivity contribution in [3.63, 3.8) is 0 Å². The number of hydrogen-bond donors (Lipinski definition) is 2. The Kier molecular flexibility index (Phi) is 10.6. The van der Waals surface area contributed by atoms with Gasteiger partial charge in [-0.3, -0.25) is 14.3 Å². The topological polar surface area (TPSA) is 97.6 Å². The van der Waals surface area contributed by atoms with Crippen LogP contribution in [0.5, 0.6) is 0 Å². The van der Waals surface area contributed by atoms with E-state index in [9.17, 15) is 27.6 Å². The maximum Gasteiger partial charge on any atom is 0.337 e. The maximum absolute atomic E-state index is 14.9. The molecule has 246 valence electrons. The molecule has 9 nitrogen and oxygen atoms in total. The van der Waals surface area contributed by atoms with Crippen LogP contribution in [-0.2, 0) is 17.8 Å². The predicted molar refractivity (Wildman–Crippen MR) is 178 cm³/mol. The summed E-state index contributed by atoms with van der Waals surface area (Å²) in [5.41, 5.74) is 0.124. The van der Waals surface area contributed by atoms with E-state index >= 15 is 0 Å². The average Bonchev–Trinajstić information content (AvgIpc) is 3.41. The zero-order valence-electron chi connectivity index (χ0n) is 26.1. The lowest BCUT2D eigenvalue weighted by atomic mass is 10.1. The van der Waals surface area contributed by atoms with Crippen molar-refractivity contribution in [1.82, 2.24) is 19.4 Å². The fraction of sp³-hybridized carbons (Fsp3) is 0.265. The number of hydrogen-bond acceptors (Lipinski definition) is 6. The Bertz CT molecular complexity index is 1990. The average molecular weight is 666 g/mol. The number of nitrogens with zero attached hydrogens (tertiary/aromatic N) is 3. The van der Waals surface area contributed by atoms with E-state index in [0.717, 1.165) is 40.2 Å². The minimum Gasteiger partial charge on any atom is -0.380 e. The molecule has 0 radical (unpaired) electrons. The minimum absolute atomic E-state index is 0.107. The molecule has 2 N–H and O–H groups in total. The van der Waals surface area contributed by atoms with Crippen LogP contribution in [0, 0.1) is 17.5 Å². The Morgan fingerprint density at radius 3 is 2.26 bits per heavy atom. The number of aromatic nitrogens is 2. The van der Waals surface area contributed by atoms with Crippen molar-refractivity contribution in [2.45, 2.75) is 26.9 Å². The molecule has 2 aromatic heterocycles. The Morgan fingerprint density at radius 2 is 1.62 bits per heavy atom. The van der Waals surface area contributed by atoms with E-state index in [1.54, 1.807) is 31.2 Å². The van der Waals surface area contributed by atoms with Gasteiger partial charge < -0.3 is 15.4 Å². The first-order chi connectivity index (χ1) is 22.6. The number of ether oxygens (including phenoxy) is 1. The third-order valence-corrected chi connectivity index (χ3v) is 8.83. The molecule has 13 heteroatoms. The molecule has 47 heavy (non-hydrogen) atoms. The molecule has 0 aliphatic carbocycles. The lowest BCUT2D eigenvalue weighted by molar-refractivity contribution is 0.120. The number of anilines is 1. The van der Waals surface area contributed by atoms with E-state index in [2.05, 4.69) is 10.6 Å². The highest BCUT2D eigenvalue weighted by Crippen LogP contribution is 2.38. The second-order valence-electron chi connectivity index (χ2n) is 10.8. The predicted octanol–water partition coefficient (Wildman–Crippen LogP) is 5.96. The van der Waals surface area contributed by atoms with Gasteiger partial charge in [-0.15, -0.1) is 11.3 Å². The molecule has 0 atom stereocenters. The van der Waals surface area contributed by atoms with Crippen molar-refractivity contribution in [3.05, 3.63) is 116 Å². The first-order valence-corrected chi connectivity index (χ1v) is 15.9. The summed E-state index contributed by atoms with van der Waals surface area (Å²) in [7, 11) is 1.87. The lowest BCUT2D eigenvalue weighted by Crippen LogP contribution is -2.39. The van der Waals surface area contributed by atoms with Crippen molar-refractivity contribution >= 4 is 33.3 Å². The summed E-state index contributed by atoms with van der Waals surface area (Å²) < 4.78 is 51.4. The second-order valence-corrected chi connectivity index (χ2v) is 11.8. The van der Waals surface area contributed by atoms with Crippen LogP contribution >= 0.6 is 11.3 Å². The monoisotopic (exact) mass is 665 g/mol. The van der Waals surface area contributed by atoms with Gasteiger partial charge in [0, 0.05) is 42.4 Å². The molecule has 0 spiro atoms. The smallest absolute Gasteiger partial charge is 0.337 e. The van der Waals surface area contributed by atoms with E-state index in [1.807, 2.05) is 18.9 Å². The summed E-state index contributed by atoms with van der Waals surface area (Å²) in [4.78, 5) is 43.3. The third-order valence-electron chi connectivity index (χ3n) is 7.53. The number of thiophene rings is 1. The van der Waals surface area contributed by atoms with Gasteiger partial charge in [-0.1, -0.05) is 18.2 Å². The zero-order chi connectivity index (χ0) is 33.7. The van der Waals surface area contributed by atoms with Gasteiger partial charge in [-0.2, -0.15) is 0 Å². The largest absolute Gasteiger partial charge is 0.380 e. The molecule has 2 heterocycles. The molecular formula is C34H34F3N5O4S. The summed E-state index contributed by atoms with van der Waals surface area (Å²) in [5, 5.41) is 5.61. The maximum atomic E-state index is 14.9. The van der Waals surface area contributed by atoms with E-state index < -0.39 is 35.2 Å². The Hall–Kier alpha value is -4.72. The van der Waals surface area contributed by atoms with Gasteiger partial charge in [0.05, 0.1) is 24.2 Å². The molecule has 5 aromatic rings. The fourth-order valence-electron chi connectivity index (χ4n) is 5.21. The summed E-state index contributed by atoms with van der Waals surface area (Å²) in [5.74, 6) is -2.24. The number of carbonyl (C=O) groups is 1. The molecular weight excluding hydrogens is 631 g/mol. The first kappa shape index (κ1) is 33.6. The van der Waals surface area contributed by atoms with Crippen LogP contribution in [-0.4, -0.2) is 53.4 Å². The van der Waals surface area contributed by atoms with Crippen LogP contribution in [0.1, 0.15) is 25.0 Å². The number of nitrogens with one attached hydrogen (secondary N) is 2. The third kappa shape index (κ3) is 7.32. The van der Waals surface area contributed by atoms with Crippen molar-refractivity contribution in [1.29, 1.82) is 0 Å². The quantitative estimate of drug-likeness (QED) is 0.161. The van der Waals surface area contributed by atoms with Crippen LogP contribution in [0.2, 0.25) is 0 Å². The van der Waals surface area contributed by atoms with Crippen molar-refractivity contribution < 1.29 is 22.7 Å². The molecule has 0 bridgehead atoms. The molecule has 0 saturated carbocycles. The molecule has 0 saturated heterocycles. The number of benzene rings is 3. The van der Waals surface area contributed by atoms with Crippen molar-refractivity contribution in [2.75, 3.05) is 38.7 Å². The number of carbonyl (C=O) groups excluding carboxylic acids is 1. The molecule has 0 fully saturated rings. The Labute approximate surface area is 272 Å². The van der Waals surface area contributed by atoms with Crippen LogP contribution in [0.15, 0.2) is 76.3 Å². The van der Waals surface area contributed by atoms with Crippen LogP contribution in [0.4, 0.5) is 23.7 Å². The summed E-state index contributed by atoms with van der Waals surface area (Å²) >= 11 is 1.15. The highest BCUT2D eigenvalue weighted by atomic mass is 32.1. The first-order valence-electron chi connectivity index (χ1n) is 15.0. The number of likely N-dealkylation sites (N-methyl/N-ethyl adjacent to an activating group) is 1. The summed E-state index contributed by atoms with van der Waals surface area (Å²) in [6.45, 7) is 5.45. The van der Waals surface area contributed by atoms with Crippen molar-refractivity contribution in [3.8, 4) is 16.1 Å². The van der Waals surface area contributed by atoms with E-state index in [0.29, 0.717) is 48.0 Å². The van der Waals surface area contributed by atoms with Gasteiger partial charge in [0.25, 0.3) is 5.56 Å². The standard InChI is InChI=1S/C34H34F3N5O4S/c1-4-38-33(44)39-23-13-9-21(10-14-23)30-26(19-40(3)17-18-46-5-2)29-31(43)42(24-15-11-22(35)12-16-24)34(45)41(32(29)47-30)20-25-27(36)7-6-8-28(25)37/h6-16H,4-5,17-20H2,1-3H3,(H2,38,39,44). The number of rotatable bonds is 12. The molecule has 3 aromatic carbocycles. The SMILES string of the molecule is CCNC(=O)Nc1ccc(-c2sc3c(c2CN(C)CCOCC)c(=O)n(-c2ccc(F)cc2)c(=O)n3Cc2c(F)cccc2F)cc1. The molecule has 0 aliphatic heterocycles. The molecule has 5 rings (SSSR count). The van der Waals surface area contributed by atoms with Gasteiger partial charge in [-0.25, -0.2) is 27.3 Å². The Morgan fingerprint density at radius 1 is 0.936 bits per heavy atom. The Balaban J connectivity index is 1.77. The molecule has 0 aliphatic rings. The van der Waals surface area contributed by atoms with Crippen LogP contribution in [0.25, 0.3) is 26.3 Å². The lowest BCUT2D eigenvalue weighted by Gasteiger charge is -2.18. The van der Waals surface area contributed by atoms with Crippen LogP contribution in [0.3, 0.4) is 0 Å². The van der Waals surface area contributed by atoms with Gasteiger partial charge in [0.15, 0.2) is 0 Å². The number of amides is 2. The fourth-order valence-corrected chi connectivity index (χ4v) is 6.51.